The zero-order valence-corrected chi connectivity index (χ0v) is 14.4. The normalized spacial score (nSPS) is 27.1. The van der Waals surface area contributed by atoms with Crippen LogP contribution in [0.15, 0.2) is 12.1 Å². The number of likely N-dealkylation sites (N-methyl/N-ethyl adjacent to an activating group) is 1. The van der Waals surface area contributed by atoms with E-state index in [-0.39, 0.29) is 0 Å². The first kappa shape index (κ1) is 14.6. The predicted molar refractivity (Wildman–Crippen MR) is 90.5 cm³/mol. The Bertz CT molecular complexity index is 492. The third-order valence-electron chi connectivity index (χ3n) is 4.89. The van der Waals surface area contributed by atoms with Gasteiger partial charge >= 0.3 is 0 Å². The Kier molecular flexibility index (Phi) is 4.52. The number of fused-ring (bicyclic) bond motifs is 1. The molecule has 0 amide bonds. The Balaban J connectivity index is 1.85. The molecule has 1 aromatic carbocycles. The summed E-state index contributed by atoms with van der Waals surface area (Å²) in [5.74, 6) is 1.82. The van der Waals surface area contributed by atoms with E-state index in [1.54, 1.807) is 7.11 Å². The van der Waals surface area contributed by atoms with Crippen LogP contribution in [0.1, 0.15) is 17.5 Å². The first-order chi connectivity index (χ1) is 9.70. The highest BCUT2D eigenvalue weighted by molar-refractivity contribution is 14.1. The van der Waals surface area contributed by atoms with E-state index >= 15 is 0 Å². The zero-order chi connectivity index (χ0) is 14.1. The summed E-state index contributed by atoms with van der Waals surface area (Å²) < 4.78 is 6.99. The number of nitrogens with zero attached hydrogens (tertiary/aromatic N) is 1. The molecule has 2 aliphatic rings. The van der Waals surface area contributed by atoms with Crippen molar-refractivity contribution in [2.75, 3.05) is 33.8 Å². The van der Waals surface area contributed by atoms with Crippen LogP contribution in [0.25, 0.3) is 0 Å². The molecule has 0 bridgehead atoms. The Morgan fingerprint density at radius 2 is 2.20 bits per heavy atom. The van der Waals surface area contributed by atoms with Gasteiger partial charge in [-0.3, -0.25) is 0 Å². The fraction of sp³-hybridized carbons (Fsp3) is 0.625. The molecular weight excluding hydrogens is 363 g/mol. The first-order valence-electron chi connectivity index (χ1n) is 7.46. The van der Waals surface area contributed by atoms with Crippen molar-refractivity contribution in [3.63, 3.8) is 0 Å². The van der Waals surface area contributed by atoms with Gasteiger partial charge in [-0.05, 0) is 78.1 Å². The Hall–Kier alpha value is -0.330. The van der Waals surface area contributed by atoms with Crippen molar-refractivity contribution in [3.05, 3.63) is 26.8 Å². The second kappa shape index (κ2) is 6.20. The molecule has 4 heteroatoms. The molecule has 20 heavy (non-hydrogen) atoms. The monoisotopic (exact) mass is 386 g/mol. The van der Waals surface area contributed by atoms with Crippen LogP contribution in [-0.2, 0) is 12.8 Å². The van der Waals surface area contributed by atoms with Gasteiger partial charge < -0.3 is 15.0 Å². The summed E-state index contributed by atoms with van der Waals surface area (Å²) >= 11 is 2.46. The van der Waals surface area contributed by atoms with Crippen molar-refractivity contribution in [2.45, 2.75) is 25.3 Å². The molecule has 0 saturated carbocycles. The van der Waals surface area contributed by atoms with Crippen molar-refractivity contribution in [2.24, 2.45) is 5.92 Å². The number of nitrogens with one attached hydrogen (secondary N) is 1. The molecule has 1 N–H and O–H groups in total. The maximum atomic E-state index is 5.60. The topological polar surface area (TPSA) is 24.5 Å². The maximum Gasteiger partial charge on any atom is 0.122 e. The molecule has 1 saturated heterocycles. The highest BCUT2D eigenvalue weighted by Gasteiger charge is 2.32. The van der Waals surface area contributed by atoms with Crippen LogP contribution >= 0.6 is 22.6 Å². The third kappa shape index (κ3) is 2.70. The van der Waals surface area contributed by atoms with Gasteiger partial charge in [-0.2, -0.15) is 0 Å². The van der Waals surface area contributed by atoms with Crippen molar-refractivity contribution < 1.29 is 4.74 Å². The molecule has 1 aliphatic heterocycles. The van der Waals surface area contributed by atoms with E-state index in [9.17, 15) is 0 Å². The lowest BCUT2D eigenvalue weighted by Crippen LogP contribution is -2.53. The minimum atomic E-state index is 0.666. The summed E-state index contributed by atoms with van der Waals surface area (Å²) in [5, 5.41) is 3.55. The molecule has 1 aliphatic carbocycles. The summed E-state index contributed by atoms with van der Waals surface area (Å²) in [6.07, 6.45) is 3.65. The van der Waals surface area contributed by atoms with Crippen molar-refractivity contribution >= 4 is 22.6 Å². The van der Waals surface area contributed by atoms with Crippen LogP contribution in [-0.4, -0.2) is 44.7 Å². The van der Waals surface area contributed by atoms with E-state index in [2.05, 4.69) is 52.0 Å². The van der Waals surface area contributed by atoms with Gasteiger partial charge in [-0.15, -0.1) is 0 Å². The number of halogens is 1. The van der Waals surface area contributed by atoms with Crippen LogP contribution in [0.2, 0.25) is 0 Å². The Morgan fingerprint density at radius 1 is 1.35 bits per heavy atom. The lowest BCUT2D eigenvalue weighted by molar-refractivity contribution is 0.132. The zero-order valence-electron chi connectivity index (χ0n) is 12.3. The second-order valence-electron chi connectivity index (χ2n) is 5.96. The summed E-state index contributed by atoms with van der Waals surface area (Å²) in [7, 11) is 4.06. The van der Waals surface area contributed by atoms with Gasteiger partial charge in [0.1, 0.15) is 5.75 Å². The minimum absolute atomic E-state index is 0.666. The maximum absolute atomic E-state index is 5.60. The number of piperazine rings is 1. The molecule has 1 aromatic rings. The Morgan fingerprint density at radius 3 is 2.95 bits per heavy atom. The van der Waals surface area contributed by atoms with E-state index in [4.69, 9.17) is 4.74 Å². The van der Waals surface area contributed by atoms with Crippen molar-refractivity contribution in [1.29, 1.82) is 0 Å². The van der Waals surface area contributed by atoms with Crippen LogP contribution < -0.4 is 10.1 Å². The van der Waals surface area contributed by atoms with Crippen LogP contribution in [0.3, 0.4) is 0 Å². The number of methoxy groups -OCH3 is 1. The van der Waals surface area contributed by atoms with Crippen LogP contribution in [0.5, 0.6) is 5.75 Å². The molecule has 2 atom stereocenters. The summed E-state index contributed by atoms with van der Waals surface area (Å²) in [6.45, 7) is 3.41. The lowest BCUT2D eigenvalue weighted by atomic mass is 9.78. The van der Waals surface area contributed by atoms with Gasteiger partial charge in [-0.1, -0.05) is 0 Å². The standard InChI is InChI=1S/C16H23IN2O/c1-19-8-7-18-10-15(19)11-3-4-12-13(9-11)16(20-2)6-5-14(12)17/h5-6,11,15,18H,3-4,7-10H2,1-2H3. The molecule has 0 spiro atoms. The number of ether oxygens (including phenoxy) is 1. The highest BCUT2D eigenvalue weighted by Crippen LogP contribution is 2.37. The van der Waals surface area contributed by atoms with Gasteiger partial charge in [-0.25, -0.2) is 0 Å². The van der Waals surface area contributed by atoms with E-state index < -0.39 is 0 Å². The van der Waals surface area contributed by atoms with Gasteiger partial charge in [0.2, 0.25) is 0 Å². The fourth-order valence-corrected chi connectivity index (χ4v) is 4.48. The summed E-state index contributed by atoms with van der Waals surface area (Å²) in [4.78, 5) is 2.53. The molecule has 3 nitrogen and oxygen atoms in total. The molecule has 2 unspecified atom stereocenters. The lowest BCUT2D eigenvalue weighted by Gasteiger charge is -2.40. The predicted octanol–water partition coefficient (Wildman–Crippen LogP) is 2.31. The van der Waals surface area contributed by atoms with E-state index in [0.29, 0.717) is 6.04 Å². The summed E-state index contributed by atoms with van der Waals surface area (Å²) in [6, 6.07) is 4.98. The smallest absolute Gasteiger partial charge is 0.122 e. The van der Waals surface area contributed by atoms with Crippen molar-refractivity contribution in [3.8, 4) is 5.75 Å². The van der Waals surface area contributed by atoms with Gasteiger partial charge in [0.25, 0.3) is 0 Å². The summed E-state index contributed by atoms with van der Waals surface area (Å²) in [5.41, 5.74) is 2.97. The Labute approximate surface area is 135 Å². The number of rotatable bonds is 2. The second-order valence-corrected chi connectivity index (χ2v) is 7.12. The highest BCUT2D eigenvalue weighted by atomic mass is 127. The SMILES string of the molecule is COc1ccc(I)c2c1CC(C1CNCCN1C)CC2. The average Bonchev–Trinajstić information content (AvgIpc) is 2.48. The van der Waals surface area contributed by atoms with E-state index in [1.807, 2.05) is 0 Å². The van der Waals surface area contributed by atoms with E-state index in [0.717, 1.165) is 37.7 Å². The number of hydrogen-bond acceptors (Lipinski definition) is 3. The molecule has 0 radical (unpaired) electrons. The van der Waals surface area contributed by atoms with Crippen molar-refractivity contribution in [1.82, 2.24) is 10.2 Å². The first-order valence-corrected chi connectivity index (χ1v) is 8.53. The molecule has 0 aromatic heterocycles. The molecular formula is C16H23IN2O. The van der Waals surface area contributed by atoms with Gasteiger partial charge in [0, 0.05) is 29.2 Å². The average molecular weight is 386 g/mol. The number of hydrogen-bond donors (Lipinski definition) is 1. The molecule has 3 rings (SSSR count). The largest absolute Gasteiger partial charge is 0.496 e. The molecule has 110 valence electrons. The third-order valence-corrected chi connectivity index (χ3v) is 5.90. The number of benzene rings is 1. The van der Waals surface area contributed by atoms with Gasteiger partial charge in [0.15, 0.2) is 0 Å². The van der Waals surface area contributed by atoms with Gasteiger partial charge in [0.05, 0.1) is 7.11 Å². The fourth-order valence-electron chi connectivity index (χ4n) is 3.70. The molecule has 1 heterocycles. The van der Waals surface area contributed by atoms with E-state index in [1.165, 1.54) is 27.5 Å². The minimum Gasteiger partial charge on any atom is -0.496 e. The van der Waals surface area contributed by atoms with Crippen LogP contribution in [0, 0.1) is 9.49 Å². The quantitative estimate of drug-likeness (QED) is 0.790. The van der Waals surface area contributed by atoms with Crippen LogP contribution in [0.4, 0.5) is 0 Å². The molecule has 1 fully saturated rings.